The molecule has 1 N–H and O–H groups in total. The van der Waals surface area contributed by atoms with Gasteiger partial charge in [-0.3, -0.25) is 0 Å². The molecule has 112 valence electrons. The molecule has 1 saturated carbocycles. The molecule has 0 radical (unpaired) electrons. The summed E-state index contributed by atoms with van der Waals surface area (Å²) in [6.45, 7) is 2.94. The second-order valence-corrected chi connectivity index (χ2v) is 7.62. The summed E-state index contributed by atoms with van der Waals surface area (Å²) in [5, 5.41) is 4.19. The average molecular weight is 360 g/mol. The highest BCUT2D eigenvalue weighted by molar-refractivity contribution is 9.10. The zero-order valence-electron chi connectivity index (χ0n) is 12.0. The molecule has 1 aliphatic carbocycles. The minimum Gasteiger partial charge on any atom is -0.309 e. The van der Waals surface area contributed by atoms with Crippen molar-refractivity contribution in [2.24, 2.45) is 0 Å². The van der Waals surface area contributed by atoms with Crippen LogP contribution in [0.2, 0.25) is 0 Å². The molecule has 1 unspecified atom stereocenters. The maximum Gasteiger partial charge on any atom is 0.128 e. The molecule has 1 fully saturated rings. The van der Waals surface area contributed by atoms with Crippen molar-refractivity contribution in [2.45, 2.75) is 50.3 Å². The molecule has 2 rings (SSSR count). The van der Waals surface area contributed by atoms with E-state index in [0.29, 0.717) is 0 Å². The monoisotopic (exact) mass is 359 g/mol. The van der Waals surface area contributed by atoms with Crippen molar-refractivity contribution in [3.05, 3.63) is 34.1 Å². The Morgan fingerprint density at radius 3 is 2.80 bits per heavy atom. The van der Waals surface area contributed by atoms with E-state index < -0.39 is 0 Å². The van der Waals surface area contributed by atoms with E-state index in [4.69, 9.17) is 0 Å². The minimum atomic E-state index is -0.108. The Bertz CT molecular complexity index is 421. The predicted molar refractivity (Wildman–Crippen MR) is 89.8 cm³/mol. The minimum absolute atomic E-state index is 0.101. The topological polar surface area (TPSA) is 12.0 Å². The van der Waals surface area contributed by atoms with Crippen LogP contribution in [0.25, 0.3) is 0 Å². The van der Waals surface area contributed by atoms with Crippen molar-refractivity contribution in [1.82, 2.24) is 5.32 Å². The van der Waals surface area contributed by atoms with Gasteiger partial charge in [-0.2, -0.15) is 11.8 Å². The van der Waals surface area contributed by atoms with Gasteiger partial charge in [0.2, 0.25) is 0 Å². The number of rotatable bonds is 6. The lowest BCUT2D eigenvalue weighted by Gasteiger charge is -2.25. The van der Waals surface area contributed by atoms with Gasteiger partial charge in [0.25, 0.3) is 0 Å². The van der Waals surface area contributed by atoms with Crippen molar-refractivity contribution >= 4 is 27.7 Å². The van der Waals surface area contributed by atoms with Gasteiger partial charge in [0.15, 0.2) is 0 Å². The van der Waals surface area contributed by atoms with Crippen LogP contribution < -0.4 is 5.32 Å². The van der Waals surface area contributed by atoms with E-state index in [-0.39, 0.29) is 11.9 Å². The first-order valence-corrected chi connectivity index (χ1v) is 9.34. The molecule has 0 aliphatic heterocycles. The van der Waals surface area contributed by atoms with Crippen LogP contribution in [0.1, 0.15) is 50.6 Å². The molecule has 0 heterocycles. The fourth-order valence-corrected chi connectivity index (χ4v) is 4.56. The van der Waals surface area contributed by atoms with Crippen LogP contribution in [-0.2, 0) is 0 Å². The van der Waals surface area contributed by atoms with E-state index >= 15 is 0 Å². The highest BCUT2D eigenvalue weighted by atomic mass is 79.9. The largest absolute Gasteiger partial charge is 0.309 e. The summed E-state index contributed by atoms with van der Waals surface area (Å²) in [7, 11) is 0. The maximum atomic E-state index is 14.0. The summed E-state index contributed by atoms with van der Waals surface area (Å²) in [6, 6.07) is 5.32. The fraction of sp³-hybridized carbons (Fsp3) is 0.625. The number of hydrogen-bond donors (Lipinski definition) is 1. The molecular weight excluding hydrogens is 337 g/mol. The summed E-state index contributed by atoms with van der Waals surface area (Å²) in [5.74, 6) is 0.842. The first-order valence-electron chi connectivity index (χ1n) is 7.50. The summed E-state index contributed by atoms with van der Waals surface area (Å²) in [6.07, 6.45) is 6.74. The Morgan fingerprint density at radius 2 is 2.10 bits per heavy atom. The number of thioether (sulfide) groups is 1. The van der Waals surface area contributed by atoms with Gasteiger partial charge in [-0.05, 0) is 37.6 Å². The SMILES string of the molecule is CCNC(CSC1CCCCC1)c1cc(Br)ccc1F. The highest BCUT2D eigenvalue weighted by Crippen LogP contribution is 2.32. The second kappa shape index (κ2) is 8.40. The van der Waals surface area contributed by atoms with Gasteiger partial charge in [-0.15, -0.1) is 0 Å². The molecule has 20 heavy (non-hydrogen) atoms. The Balaban J connectivity index is 2.00. The molecular formula is C16H23BrFNS. The van der Waals surface area contributed by atoms with Gasteiger partial charge < -0.3 is 5.32 Å². The van der Waals surface area contributed by atoms with E-state index in [1.165, 1.54) is 32.1 Å². The van der Waals surface area contributed by atoms with E-state index in [0.717, 1.165) is 27.6 Å². The van der Waals surface area contributed by atoms with E-state index in [1.807, 2.05) is 17.8 Å². The molecule has 0 bridgehead atoms. The van der Waals surface area contributed by atoms with E-state index in [2.05, 4.69) is 28.2 Å². The van der Waals surface area contributed by atoms with Crippen molar-refractivity contribution < 1.29 is 4.39 Å². The lowest BCUT2D eigenvalue weighted by atomic mass is 10.0. The van der Waals surface area contributed by atoms with Crippen molar-refractivity contribution in [1.29, 1.82) is 0 Å². The standard InChI is InChI=1S/C16H23BrFNS/c1-2-19-16(11-20-13-6-4-3-5-7-13)14-10-12(17)8-9-15(14)18/h8-10,13,16,19H,2-7,11H2,1H3. The zero-order valence-corrected chi connectivity index (χ0v) is 14.4. The first kappa shape index (κ1) is 16.3. The van der Waals surface area contributed by atoms with Crippen LogP contribution in [0.3, 0.4) is 0 Å². The lowest BCUT2D eigenvalue weighted by Crippen LogP contribution is -2.25. The normalized spacial score (nSPS) is 18.1. The molecule has 0 amide bonds. The van der Waals surface area contributed by atoms with Crippen LogP contribution in [0.15, 0.2) is 22.7 Å². The van der Waals surface area contributed by atoms with Crippen LogP contribution in [0.4, 0.5) is 4.39 Å². The lowest BCUT2D eigenvalue weighted by molar-refractivity contribution is 0.512. The van der Waals surface area contributed by atoms with Gasteiger partial charge in [0, 0.05) is 27.1 Å². The van der Waals surface area contributed by atoms with E-state index in [9.17, 15) is 4.39 Å². The maximum absolute atomic E-state index is 14.0. The summed E-state index contributed by atoms with van der Waals surface area (Å²) in [4.78, 5) is 0. The molecule has 4 heteroatoms. The number of benzene rings is 1. The Kier molecular flexibility index (Phi) is 6.85. The Labute approximate surface area is 134 Å². The number of hydrogen-bond acceptors (Lipinski definition) is 2. The second-order valence-electron chi connectivity index (χ2n) is 5.37. The quantitative estimate of drug-likeness (QED) is 0.738. The molecule has 0 aromatic heterocycles. The summed E-state index contributed by atoms with van der Waals surface area (Å²) in [5.41, 5.74) is 0.782. The Hall–Kier alpha value is -0.0600. The fourth-order valence-electron chi connectivity index (χ4n) is 2.75. The van der Waals surface area contributed by atoms with Crippen LogP contribution in [-0.4, -0.2) is 17.5 Å². The van der Waals surface area contributed by atoms with Gasteiger partial charge in [0.05, 0.1) is 0 Å². The van der Waals surface area contributed by atoms with Crippen LogP contribution in [0, 0.1) is 5.82 Å². The van der Waals surface area contributed by atoms with Gasteiger partial charge in [-0.25, -0.2) is 4.39 Å². The van der Waals surface area contributed by atoms with E-state index in [1.54, 1.807) is 12.1 Å². The van der Waals surface area contributed by atoms with Gasteiger partial charge in [-0.1, -0.05) is 42.1 Å². The van der Waals surface area contributed by atoms with Crippen molar-refractivity contribution in [3.63, 3.8) is 0 Å². The molecule has 0 spiro atoms. The van der Waals surface area contributed by atoms with Crippen LogP contribution >= 0.6 is 27.7 Å². The van der Waals surface area contributed by atoms with Crippen molar-refractivity contribution in [3.8, 4) is 0 Å². The molecule has 1 aromatic carbocycles. The third-order valence-electron chi connectivity index (χ3n) is 3.83. The number of nitrogens with one attached hydrogen (secondary N) is 1. The smallest absolute Gasteiger partial charge is 0.128 e. The molecule has 1 nitrogen and oxygen atoms in total. The van der Waals surface area contributed by atoms with Crippen LogP contribution in [0.5, 0.6) is 0 Å². The third-order valence-corrected chi connectivity index (χ3v) is 5.80. The average Bonchev–Trinajstić information content (AvgIpc) is 2.47. The molecule has 1 aliphatic rings. The summed E-state index contributed by atoms with van der Waals surface area (Å²) >= 11 is 5.45. The van der Waals surface area contributed by atoms with Gasteiger partial charge in [0.1, 0.15) is 5.82 Å². The highest BCUT2D eigenvalue weighted by Gasteiger charge is 2.19. The van der Waals surface area contributed by atoms with Crippen molar-refractivity contribution in [2.75, 3.05) is 12.3 Å². The third kappa shape index (κ3) is 4.74. The zero-order chi connectivity index (χ0) is 14.4. The first-order chi connectivity index (χ1) is 9.70. The number of halogens is 2. The molecule has 0 saturated heterocycles. The molecule has 1 atom stereocenters. The molecule has 1 aromatic rings. The Morgan fingerprint density at radius 1 is 1.35 bits per heavy atom. The summed E-state index contributed by atoms with van der Waals surface area (Å²) < 4.78 is 15.0. The van der Waals surface area contributed by atoms with Gasteiger partial charge >= 0.3 is 0 Å². The predicted octanol–water partition coefficient (Wildman–Crippen LogP) is 5.30.